The molecule has 0 aromatic heterocycles. The minimum atomic E-state index is -3.63. The lowest BCUT2D eigenvalue weighted by Gasteiger charge is -2.30. The molecule has 1 saturated heterocycles. The van der Waals surface area contributed by atoms with Crippen LogP contribution >= 0.6 is 0 Å². The number of anilines is 1. The first-order valence-corrected chi connectivity index (χ1v) is 10.5. The Morgan fingerprint density at radius 1 is 0.846 bits per heavy atom. The summed E-state index contributed by atoms with van der Waals surface area (Å²) in [6.07, 6.45) is 3.77. The summed E-state index contributed by atoms with van der Waals surface area (Å²) in [4.78, 5) is 14.5. The molecule has 2 heterocycles. The monoisotopic (exact) mass is 370 g/mol. The average Bonchev–Trinajstić information content (AvgIpc) is 3.22. The molecule has 0 unspecified atom stereocenters. The maximum atomic E-state index is 13.1. The van der Waals surface area contributed by atoms with E-state index in [2.05, 4.69) is 0 Å². The van der Waals surface area contributed by atoms with E-state index in [4.69, 9.17) is 0 Å². The molecule has 2 aromatic carbocycles. The Bertz CT molecular complexity index is 916. The van der Waals surface area contributed by atoms with Crippen LogP contribution in [0.5, 0.6) is 0 Å². The number of hydrogen-bond acceptors (Lipinski definition) is 3. The summed E-state index contributed by atoms with van der Waals surface area (Å²) in [5.41, 5.74) is 2.36. The van der Waals surface area contributed by atoms with Gasteiger partial charge in [0.25, 0.3) is 15.9 Å². The van der Waals surface area contributed by atoms with Crippen LogP contribution in [0.2, 0.25) is 0 Å². The molecule has 0 spiro atoms. The van der Waals surface area contributed by atoms with Gasteiger partial charge in [-0.05, 0) is 61.6 Å². The minimum Gasteiger partial charge on any atom is -0.339 e. The third-order valence-electron chi connectivity index (χ3n) is 5.15. The Balaban J connectivity index is 1.62. The highest BCUT2D eigenvalue weighted by atomic mass is 32.2. The van der Waals surface area contributed by atoms with Crippen molar-refractivity contribution in [2.24, 2.45) is 0 Å². The van der Waals surface area contributed by atoms with Crippen LogP contribution in [-0.2, 0) is 16.4 Å². The molecule has 6 heteroatoms. The van der Waals surface area contributed by atoms with Crippen molar-refractivity contribution in [3.05, 3.63) is 59.7 Å². The first kappa shape index (κ1) is 17.1. The SMILES string of the molecule is O=C(c1ccc(S(=O)(=O)N2CCCc3ccccc32)cc1)N1CCCC1. The molecule has 0 N–H and O–H groups in total. The molecule has 0 bridgehead atoms. The number of amides is 1. The normalized spacial score (nSPS) is 17.2. The first-order chi connectivity index (χ1) is 12.6. The van der Waals surface area contributed by atoms with Crippen LogP contribution in [0.4, 0.5) is 5.69 Å². The van der Waals surface area contributed by atoms with Crippen molar-refractivity contribution in [3.8, 4) is 0 Å². The summed E-state index contributed by atoms with van der Waals surface area (Å²) in [6.45, 7) is 2.04. The van der Waals surface area contributed by atoms with Crippen LogP contribution in [0.15, 0.2) is 53.4 Å². The summed E-state index contributed by atoms with van der Waals surface area (Å²) in [6, 6.07) is 14.0. The zero-order valence-electron chi connectivity index (χ0n) is 14.6. The van der Waals surface area contributed by atoms with E-state index in [1.807, 2.05) is 29.2 Å². The van der Waals surface area contributed by atoms with Gasteiger partial charge < -0.3 is 4.90 Å². The van der Waals surface area contributed by atoms with Gasteiger partial charge >= 0.3 is 0 Å². The Kier molecular flexibility index (Phi) is 4.44. The summed E-state index contributed by atoms with van der Waals surface area (Å²) in [7, 11) is -3.63. The third kappa shape index (κ3) is 2.98. The number of nitrogens with zero attached hydrogens (tertiary/aromatic N) is 2. The van der Waals surface area contributed by atoms with E-state index in [1.165, 1.54) is 4.31 Å². The van der Waals surface area contributed by atoms with E-state index in [1.54, 1.807) is 24.3 Å². The predicted octanol–water partition coefficient (Wildman–Crippen LogP) is 3.06. The van der Waals surface area contributed by atoms with Gasteiger partial charge in [0.15, 0.2) is 0 Å². The molecule has 1 amide bonds. The molecule has 0 atom stereocenters. The van der Waals surface area contributed by atoms with Gasteiger partial charge in [0.05, 0.1) is 10.6 Å². The number of sulfonamides is 1. The molecule has 0 radical (unpaired) electrons. The quantitative estimate of drug-likeness (QED) is 0.834. The first-order valence-electron chi connectivity index (χ1n) is 9.07. The summed E-state index contributed by atoms with van der Waals surface area (Å²) >= 11 is 0. The highest BCUT2D eigenvalue weighted by Gasteiger charge is 2.29. The zero-order valence-corrected chi connectivity index (χ0v) is 15.4. The molecular formula is C20H22N2O3S. The molecule has 5 nitrogen and oxygen atoms in total. The van der Waals surface area contributed by atoms with Crippen molar-refractivity contribution in [2.45, 2.75) is 30.6 Å². The molecule has 0 aliphatic carbocycles. The predicted molar refractivity (Wildman–Crippen MR) is 101 cm³/mol. The maximum absolute atomic E-state index is 13.1. The number of benzene rings is 2. The second kappa shape index (κ2) is 6.76. The molecular weight excluding hydrogens is 348 g/mol. The highest BCUT2D eigenvalue weighted by molar-refractivity contribution is 7.92. The Labute approximate surface area is 154 Å². The number of fused-ring (bicyclic) bond motifs is 1. The number of hydrogen-bond donors (Lipinski definition) is 0. The number of aryl methyl sites for hydroxylation is 1. The van der Waals surface area contributed by atoms with E-state index < -0.39 is 10.0 Å². The summed E-state index contributed by atoms with van der Waals surface area (Å²) in [5.74, 6) is -0.0187. The third-order valence-corrected chi connectivity index (χ3v) is 6.98. The summed E-state index contributed by atoms with van der Waals surface area (Å²) < 4.78 is 27.7. The Hall–Kier alpha value is -2.34. The highest BCUT2D eigenvalue weighted by Crippen LogP contribution is 2.31. The van der Waals surface area contributed by atoms with Gasteiger partial charge in [-0.2, -0.15) is 0 Å². The van der Waals surface area contributed by atoms with Crippen LogP contribution in [0.25, 0.3) is 0 Å². The number of para-hydroxylation sites is 1. The molecule has 1 fully saturated rings. The lowest BCUT2D eigenvalue weighted by atomic mass is 10.0. The van der Waals surface area contributed by atoms with E-state index in [9.17, 15) is 13.2 Å². The maximum Gasteiger partial charge on any atom is 0.264 e. The van der Waals surface area contributed by atoms with Crippen molar-refractivity contribution < 1.29 is 13.2 Å². The number of carbonyl (C=O) groups is 1. The molecule has 2 aliphatic heterocycles. The van der Waals surface area contributed by atoms with Crippen LogP contribution in [-0.4, -0.2) is 38.9 Å². The second-order valence-corrected chi connectivity index (χ2v) is 8.70. The van der Waals surface area contributed by atoms with Crippen LogP contribution < -0.4 is 4.31 Å². The van der Waals surface area contributed by atoms with E-state index >= 15 is 0 Å². The number of carbonyl (C=O) groups excluding carboxylic acids is 1. The van der Waals surface area contributed by atoms with Crippen molar-refractivity contribution in [1.29, 1.82) is 0 Å². The second-order valence-electron chi connectivity index (χ2n) is 6.83. The van der Waals surface area contributed by atoms with Gasteiger partial charge in [0.1, 0.15) is 0 Å². The fourth-order valence-electron chi connectivity index (χ4n) is 3.75. The van der Waals surface area contributed by atoms with Gasteiger partial charge in [-0.25, -0.2) is 8.42 Å². The van der Waals surface area contributed by atoms with Crippen molar-refractivity contribution >= 4 is 21.6 Å². The lowest BCUT2D eigenvalue weighted by Crippen LogP contribution is -2.35. The lowest BCUT2D eigenvalue weighted by molar-refractivity contribution is 0.0792. The molecule has 2 aliphatic rings. The Morgan fingerprint density at radius 2 is 1.54 bits per heavy atom. The van der Waals surface area contributed by atoms with E-state index in [-0.39, 0.29) is 10.8 Å². The average molecular weight is 370 g/mol. The van der Waals surface area contributed by atoms with Gasteiger partial charge in [-0.1, -0.05) is 18.2 Å². The fourth-order valence-corrected chi connectivity index (χ4v) is 5.29. The summed E-state index contributed by atoms with van der Waals surface area (Å²) in [5, 5.41) is 0. The van der Waals surface area contributed by atoms with Crippen LogP contribution in [0.3, 0.4) is 0 Å². The molecule has 2 aromatic rings. The molecule has 136 valence electrons. The standard InChI is InChI=1S/C20H22N2O3S/c23-20(21-13-3-4-14-21)17-9-11-18(12-10-17)26(24,25)22-15-5-7-16-6-1-2-8-19(16)22/h1-2,6,8-12H,3-5,7,13-15H2. The molecule has 4 rings (SSSR count). The number of rotatable bonds is 3. The van der Waals surface area contributed by atoms with Crippen molar-refractivity contribution in [2.75, 3.05) is 23.9 Å². The van der Waals surface area contributed by atoms with Gasteiger partial charge in [0, 0.05) is 25.2 Å². The topological polar surface area (TPSA) is 57.7 Å². The zero-order chi connectivity index (χ0) is 18.1. The molecule has 0 saturated carbocycles. The largest absolute Gasteiger partial charge is 0.339 e. The molecule has 26 heavy (non-hydrogen) atoms. The van der Waals surface area contributed by atoms with Gasteiger partial charge in [0.2, 0.25) is 0 Å². The van der Waals surface area contributed by atoms with Crippen LogP contribution in [0.1, 0.15) is 35.2 Å². The van der Waals surface area contributed by atoms with E-state index in [0.717, 1.165) is 50.0 Å². The van der Waals surface area contributed by atoms with E-state index in [0.29, 0.717) is 12.1 Å². The van der Waals surface area contributed by atoms with Gasteiger partial charge in [-0.15, -0.1) is 0 Å². The minimum absolute atomic E-state index is 0.0187. The van der Waals surface area contributed by atoms with Crippen molar-refractivity contribution in [1.82, 2.24) is 4.90 Å². The fraction of sp³-hybridized carbons (Fsp3) is 0.350. The van der Waals surface area contributed by atoms with Crippen LogP contribution in [0, 0.1) is 0 Å². The van der Waals surface area contributed by atoms with Gasteiger partial charge in [-0.3, -0.25) is 9.10 Å². The number of likely N-dealkylation sites (tertiary alicyclic amines) is 1. The Morgan fingerprint density at radius 3 is 2.27 bits per heavy atom. The van der Waals surface area contributed by atoms with Crippen molar-refractivity contribution in [3.63, 3.8) is 0 Å². The smallest absolute Gasteiger partial charge is 0.264 e.